The molecule has 1 atom stereocenters. The number of rotatable bonds is 7. The molecule has 13 heteroatoms. The Bertz CT molecular complexity index is 1600. The molecule has 1 saturated heterocycles. The van der Waals surface area contributed by atoms with E-state index in [9.17, 15) is 9.59 Å². The topological polar surface area (TPSA) is 109 Å². The Morgan fingerprint density at radius 1 is 1.02 bits per heavy atom. The summed E-state index contributed by atoms with van der Waals surface area (Å²) in [6.45, 7) is 4.69. The lowest BCUT2D eigenvalue weighted by molar-refractivity contribution is -0.120. The summed E-state index contributed by atoms with van der Waals surface area (Å²) in [4.78, 5) is 40.9. The van der Waals surface area contributed by atoms with E-state index in [0.717, 1.165) is 38.3 Å². The van der Waals surface area contributed by atoms with Crippen molar-refractivity contribution >= 4 is 46.4 Å². The predicted octanol–water partition coefficient (Wildman–Crippen LogP) is 3.50. The van der Waals surface area contributed by atoms with Crippen molar-refractivity contribution in [1.29, 1.82) is 0 Å². The third-order valence-electron chi connectivity index (χ3n) is 7.65. The molecule has 0 saturated carbocycles. The van der Waals surface area contributed by atoms with Crippen LogP contribution in [0.4, 0.5) is 11.4 Å². The number of fused-ring (bicyclic) bond motifs is 1. The Hall–Kier alpha value is -4.19. The van der Waals surface area contributed by atoms with Crippen molar-refractivity contribution in [3.05, 3.63) is 94.2 Å². The largest absolute Gasteiger partial charge is 0.489 e. The number of anilines is 2. The molecule has 1 N–H and O–H groups in total. The number of nitrogens with zero attached hydrogens (tertiary/aromatic N) is 7. The first-order valence-electron chi connectivity index (χ1n) is 13.9. The van der Waals surface area contributed by atoms with Crippen LogP contribution in [0, 0.1) is 0 Å². The molecule has 1 fully saturated rings. The smallest absolute Gasteiger partial charge is 0.291 e. The summed E-state index contributed by atoms with van der Waals surface area (Å²) in [5, 5.41) is 7.96. The number of hydrogen-bond donors (Lipinski definition) is 1. The number of ether oxygens (including phenoxy) is 1. The molecule has 2 aliphatic rings. The van der Waals surface area contributed by atoms with Crippen LogP contribution < -0.4 is 19.9 Å². The van der Waals surface area contributed by atoms with Crippen LogP contribution in [0.3, 0.4) is 0 Å². The lowest BCUT2D eigenvalue weighted by atomic mass is 10.1. The van der Waals surface area contributed by atoms with Crippen LogP contribution in [0.15, 0.2) is 67.3 Å². The second kappa shape index (κ2) is 12.6. The van der Waals surface area contributed by atoms with Crippen molar-refractivity contribution in [2.45, 2.75) is 19.1 Å². The van der Waals surface area contributed by atoms with E-state index in [-0.39, 0.29) is 24.9 Å². The number of carbonyl (C=O) groups is 2. The summed E-state index contributed by atoms with van der Waals surface area (Å²) in [6.07, 6.45) is 5.05. The first-order chi connectivity index (χ1) is 20.9. The number of amides is 2. The summed E-state index contributed by atoms with van der Waals surface area (Å²) in [6, 6.07) is 14.3. The van der Waals surface area contributed by atoms with Gasteiger partial charge in [-0.25, -0.2) is 9.67 Å². The lowest BCUT2D eigenvalue weighted by Crippen LogP contribution is -2.49. The second-order valence-electron chi connectivity index (χ2n) is 10.5. The van der Waals surface area contributed by atoms with E-state index >= 15 is 0 Å². The minimum atomic E-state index is -0.917. The monoisotopic (exact) mass is 620 g/mol. The standard InChI is InChI=1S/C30H30Cl2N8O3/c1-37-26-15-20(16-38-11-13-39(14-12-38)21-7-9-33-10-8-21)5-6-27(26)43-18-25(30(37)42)35-29(41)28-34-19-40(36-28)17-22-23(31)3-2-4-24(22)32/h2-10,15,19,25H,11-14,16-18H2,1H3,(H,35,41)/t25-/m1/s1. The number of hydrogen-bond acceptors (Lipinski definition) is 8. The maximum Gasteiger partial charge on any atom is 0.291 e. The Morgan fingerprint density at radius 3 is 2.51 bits per heavy atom. The molecular weight excluding hydrogens is 591 g/mol. The van der Waals surface area contributed by atoms with E-state index in [1.54, 1.807) is 25.2 Å². The molecule has 11 nitrogen and oxygen atoms in total. The van der Waals surface area contributed by atoms with Crippen LogP contribution in [0.25, 0.3) is 0 Å². The molecule has 2 amide bonds. The lowest BCUT2D eigenvalue weighted by Gasteiger charge is -2.36. The summed E-state index contributed by atoms with van der Waals surface area (Å²) in [7, 11) is 1.69. The quantitative estimate of drug-likeness (QED) is 0.334. The van der Waals surface area contributed by atoms with E-state index in [0.29, 0.717) is 27.0 Å². The van der Waals surface area contributed by atoms with Gasteiger partial charge in [-0.15, -0.1) is 5.10 Å². The Kier molecular flexibility index (Phi) is 8.46. The molecule has 6 rings (SSSR count). The van der Waals surface area contributed by atoms with Gasteiger partial charge < -0.3 is 19.9 Å². The number of nitrogens with one attached hydrogen (secondary N) is 1. The molecular formula is C30H30Cl2N8O3. The molecule has 2 aliphatic heterocycles. The molecule has 0 bridgehead atoms. The van der Waals surface area contributed by atoms with Crippen molar-refractivity contribution < 1.29 is 14.3 Å². The normalized spacial score (nSPS) is 17.3. The van der Waals surface area contributed by atoms with Crippen molar-refractivity contribution in [3.8, 4) is 5.75 Å². The van der Waals surface area contributed by atoms with Crippen molar-refractivity contribution in [3.63, 3.8) is 0 Å². The number of likely N-dealkylation sites (N-methyl/N-ethyl adjacent to an activating group) is 1. The van der Waals surface area contributed by atoms with E-state index in [4.69, 9.17) is 27.9 Å². The minimum absolute atomic E-state index is 0.0197. The first-order valence-corrected chi connectivity index (χ1v) is 14.6. The van der Waals surface area contributed by atoms with Crippen LogP contribution in [0.1, 0.15) is 21.7 Å². The van der Waals surface area contributed by atoms with Crippen molar-refractivity contribution in [1.82, 2.24) is 30.0 Å². The minimum Gasteiger partial charge on any atom is -0.489 e. The predicted molar refractivity (Wildman–Crippen MR) is 164 cm³/mol. The van der Waals surface area contributed by atoms with Gasteiger partial charge >= 0.3 is 0 Å². The Labute approximate surface area is 259 Å². The molecule has 2 aromatic carbocycles. The van der Waals surface area contributed by atoms with Crippen molar-refractivity contribution in [2.75, 3.05) is 49.6 Å². The van der Waals surface area contributed by atoms with E-state index < -0.39 is 11.9 Å². The van der Waals surface area contributed by atoms with Gasteiger partial charge in [-0.1, -0.05) is 35.3 Å². The third-order valence-corrected chi connectivity index (χ3v) is 8.36. The number of halogens is 2. The zero-order chi connectivity index (χ0) is 29.9. The summed E-state index contributed by atoms with van der Waals surface area (Å²) < 4.78 is 7.45. The average molecular weight is 622 g/mol. The summed E-state index contributed by atoms with van der Waals surface area (Å²) >= 11 is 12.5. The molecule has 43 heavy (non-hydrogen) atoms. The highest BCUT2D eigenvalue weighted by Crippen LogP contribution is 2.32. The maximum atomic E-state index is 13.4. The second-order valence-corrected chi connectivity index (χ2v) is 11.3. The molecule has 222 valence electrons. The van der Waals surface area contributed by atoms with E-state index in [2.05, 4.69) is 30.2 Å². The maximum absolute atomic E-state index is 13.4. The average Bonchev–Trinajstić information content (AvgIpc) is 3.46. The van der Waals surface area contributed by atoms with E-state index in [1.165, 1.54) is 21.6 Å². The number of piperazine rings is 1. The van der Waals surface area contributed by atoms with Gasteiger partial charge in [0.15, 0.2) is 0 Å². The Morgan fingerprint density at radius 2 is 1.77 bits per heavy atom. The number of benzene rings is 2. The molecule has 2 aromatic heterocycles. The van der Waals surface area contributed by atoms with Gasteiger partial charge in [0.2, 0.25) is 5.82 Å². The van der Waals surface area contributed by atoms with Gasteiger partial charge in [-0.05, 0) is 42.0 Å². The summed E-state index contributed by atoms with van der Waals surface area (Å²) in [5.41, 5.74) is 3.59. The zero-order valence-corrected chi connectivity index (χ0v) is 25.0. The van der Waals surface area contributed by atoms with Gasteiger partial charge in [-0.2, -0.15) is 0 Å². The highest BCUT2D eigenvalue weighted by molar-refractivity contribution is 6.36. The van der Waals surface area contributed by atoms with Crippen LogP contribution in [0.2, 0.25) is 10.0 Å². The van der Waals surface area contributed by atoms with Gasteiger partial charge in [0, 0.05) is 73.5 Å². The third kappa shape index (κ3) is 6.43. The van der Waals surface area contributed by atoms with Gasteiger partial charge in [0.1, 0.15) is 24.7 Å². The van der Waals surface area contributed by atoms with Gasteiger partial charge in [0.05, 0.1) is 12.2 Å². The fourth-order valence-electron chi connectivity index (χ4n) is 5.27. The van der Waals surface area contributed by atoms with Crippen LogP contribution in [-0.4, -0.2) is 82.3 Å². The SMILES string of the molecule is CN1C(=O)[C@H](NC(=O)c2ncn(Cc3c(Cl)cccc3Cl)n2)COc2ccc(CN3CCN(c4ccncc4)CC3)cc21. The fraction of sp³-hybridized carbons (Fsp3) is 0.300. The Balaban J connectivity index is 1.07. The van der Waals surface area contributed by atoms with Crippen LogP contribution in [0.5, 0.6) is 5.75 Å². The van der Waals surface area contributed by atoms with Crippen LogP contribution >= 0.6 is 23.2 Å². The molecule has 0 aliphatic carbocycles. The molecule has 0 radical (unpaired) electrons. The van der Waals surface area contributed by atoms with Crippen LogP contribution in [-0.2, 0) is 17.9 Å². The molecule has 4 heterocycles. The van der Waals surface area contributed by atoms with Crippen molar-refractivity contribution in [2.24, 2.45) is 0 Å². The zero-order valence-electron chi connectivity index (χ0n) is 23.5. The van der Waals surface area contributed by atoms with E-state index in [1.807, 2.05) is 42.7 Å². The molecule has 0 unspecified atom stereocenters. The highest BCUT2D eigenvalue weighted by Gasteiger charge is 2.32. The number of pyridine rings is 1. The number of carbonyl (C=O) groups excluding carboxylic acids is 2. The first kappa shape index (κ1) is 28.9. The number of aromatic nitrogens is 4. The van der Waals surface area contributed by atoms with Gasteiger partial charge in [-0.3, -0.25) is 19.5 Å². The summed E-state index contributed by atoms with van der Waals surface area (Å²) in [5.74, 6) is -0.376. The fourth-order valence-corrected chi connectivity index (χ4v) is 5.78. The van der Waals surface area contributed by atoms with Gasteiger partial charge in [0.25, 0.3) is 11.8 Å². The molecule has 0 spiro atoms. The highest BCUT2D eigenvalue weighted by atomic mass is 35.5. The molecule has 4 aromatic rings.